The summed E-state index contributed by atoms with van der Waals surface area (Å²) in [5, 5.41) is 18.8. The van der Waals surface area contributed by atoms with Crippen LogP contribution < -0.4 is 0 Å². The first-order chi connectivity index (χ1) is 9.00. The number of unbranched alkanes of at least 4 members (excludes halogenated alkanes) is 4. The van der Waals surface area contributed by atoms with Crippen LogP contribution in [0.15, 0.2) is 12.2 Å². The van der Waals surface area contributed by atoms with Crippen molar-refractivity contribution >= 4 is 0 Å². The van der Waals surface area contributed by atoms with Crippen LogP contribution in [0.3, 0.4) is 0 Å². The van der Waals surface area contributed by atoms with E-state index in [1.165, 1.54) is 25.7 Å². The molecular weight excluding hydrogens is 244 g/mol. The van der Waals surface area contributed by atoms with Crippen LogP contribution in [0.4, 0.5) is 0 Å². The zero-order valence-electron chi connectivity index (χ0n) is 12.3. The standard InChI is InChI=1S/C15H28O4/c1-4-5-6-7-8-9-10-13-14(12(17)11-16)19-15(2,3)18-13/h9-10,12-14,16-17H,4-8,11H2,1-3H3/b10-9+/t12?,13-,14+/m1/s1. The number of aliphatic hydroxyl groups is 2. The average molecular weight is 272 g/mol. The minimum Gasteiger partial charge on any atom is -0.394 e. The van der Waals surface area contributed by atoms with Crippen LogP contribution in [0.25, 0.3) is 0 Å². The molecule has 1 aliphatic rings. The summed E-state index contributed by atoms with van der Waals surface area (Å²) >= 11 is 0. The van der Waals surface area contributed by atoms with Crippen LogP contribution in [0, 0.1) is 0 Å². The molecule has 2 N–H and O–H groups in total. The van der Waals surface area contributed by atoms with E-state index in [4.69, 9.17) is 14.6 Å². The van der Waals surface area contributed by atoms with Gasteiger partial charge in [-0.15, -0.1) is 0 Å². The summed E-state index contributed by atoms with van der Waals surface area (Å²) in [4.78, 5) is 0. The zero-order valence-corrected chi connectivity index (χ0v) is 12.3. The monoisotopic (exact) mass is 272 g/mol. The molecule has 112 valence electrons. The van der Waals surface area contributed by atoms with Gasteiger partial charge in [-0.25, -0.2) is 0 Å². The zero-order chi connectivity index (χ0) is 14.3. The quantitative estimate of drug-likeness (QED) is 0.526. The van der Waals surface area contributed by atoms with Gasteiger partial charge in [0.25, 0.3) is 0 Å². The maximum atomic E-state index is 9.74. The van der Waals surface area contributed by atoms with Gasteiger partial charge in [-0.3, -0.25) is 0 Å². The molecule has 0 radical (unpaired) electrons. The van der Waals surface area contributed by atoms with Crippen LogP contribution in [0.5, 0.6) is 0 Å². The topological polar surface area (TPSA) is 58.9 Å². The van der Waals surface area contributed by atoms with Crippen molar-refractivity contribution in [1.82, 2.24) is 0 Å². The molecule has 0 aromatic rings. The summed E-state index contributed by atoms with van der Waals surface area (Å²) in [6, 6.07) is 0. The Balaban J connectivity index is 2.43. The fourth-order valence-electron chi connectivity index (χ4n) is 2.29. The Morgan fingerprint density at radius 1 is 1.21 bits per heavy atom. The van der Waals surface area contributed by atoms with Crippen molar-refractivity contribution in [3.05, 3.63) is 12.2 Å². The van der Waals surface area contributed by atoms with E-state index in [9.17, 15) is 5.11 Å². The van der Waals surface area contributed by atoms with Crippen molar-refractivity contribution in [2.24, 2.45) is 0 Å². The van der Waals surface area contributed by atoms with Crippen LogP contribution >= 0.6 is 0 Å². The highest BCUT2D eigenvalue weighted by Gasteiger charge is 2.43. The van der Waals surface area contributed by atoms with Crippen LogP contribution in [0.2, 0.25) is 0 Å². The number of allylic oxidation sites excluding steroid dienone is 1. The molecule has 3 atom stereocenters. The summed E-state index contributed by atoms with van der Waals surface area (Å²) in [5.41, 5.74) is 0. The summed E-state index contributed by atoms with van der Waals surface area (Å²) in [6.07, 6.45) is 8.30. The largest absolute Gasteiger partial charge is 0.394 e. The van der Waals surface area contributed by atoms with Crippen molar-refractivity contribution in [2.45, 2.75) is 77.0 Å². The molecule has 4 heteroatoms. The maximum absolute atomic E-state index is 9.74. The molecule has 0 spiro atoms. The third-order valence-electron chi connectivity index (χ3n) is 3.28. The van der Waals surface area contributed by atoms with Gasteiger partial charge in [0, 0.05) is 0 Å². The number of hydrogen-bond donors (Lipinski definition) is 2. The third-order valence-corrected chi connectivity index (χ3v) is 3.28. The number of aliphatic hydroxyl groups excluding tert-OH is 2. The Kier molecular flexibility index (Phi) is 7.00. The van der Waals surface area contributed by atoms with E-state index in [0.717, 1.165) is 6.42 Å². The summed E-state index contributed by atoms with van der Waals surface area (Å²) in [7, 11) is 0. The van der Waals surface area contributed by atoms with Gasteiger partial charge in [0.1, 0.15) is 18.3 Å². The van der Waals surface area contributed by atoms with E-state index in [1.807, 2.05) is 19.9 Å². The van der Waals surface area contributed by atoms with E-state index in [2.05, 4.69) is 13.0 Å². The number of rotatable bonds is 8. The highest BCUT2D eigenvalue weighted by Crippen LogP contribution is 2.30. The lowest BCUT2D eigenvalue weighted by Gasteiger charge is -2.19. The van der Waals surface area contributed by atoms with Crippen molar-refractivity contribution in [2.75, 3.05) is 6.61 Å². The van der Waals surface area contributed by atoms with Crippen molar-refractivity contribution < 1.29 is 19.7 Å². The Hall–Kier alpha value is -0.420. The summed E-state index contributed by atoms with van der Waals surface area (Å²) < 4.78 is 11.4. The average Bonchev–Trinajstić information content (AvgIpc) is 2.68. The molecule has 0 aromatic heterocycles. The molecule has 1 heterocycles. The smallest absolute Gasteiger partial charge is 0.164 e. The highest BCUT2D eigenvalue weighted by atomic mass is 16.8. The number of ether oxygens (including phenoxy) is 2. The van der Waals surface area contributed by atoms with Crippen molar-refractivity contribution in [3.8, 4) is 0 Å². The highest BCUT2D eigenvalue weighted by molar-refractivity contribution is 5.00. The molecule has 0 aliphatic carbocycles. The predicted octanol–water partition coefficient (Wildman–Crippen LogP) is 2.39. The Morgan fingerprint density at radius 3 is 2.58 bits per heavy atom. The molecular formula is C15H28O4. The normalized spacial score (nSPS) is 28.1. The molecule has 4 nitrogen and oxygen atoms in total. The lowest BCUT2D eigenvalue weighted by molar-refractivity contribution is -0.155. The lowest BCUT2D eigenvalue weighted by atomic mass is 10.1. The molecule has 1 fully saturated rings. The molecule has 0 bridgehead atoms. The molecule has 1 saturated heterocycles. The van der Waals surface area contributed by atoms with Gasteiger partial charge in [-0.2, -0.15) is 0 Å². The number of hydrogen-bond acceptors (Lipinski definition) is 4. The molecule has 1 rings (SSSR count). The van der Waals surface area contributed by atoms with Gasteiger partial charge in [0.15, 0.2) is 5.79 Å². The second-order valence-electron chi connectivity index (χ2n) is 5.59. The van der Waals surface area contributed by atoms with E-state index in [-0.39, 0.29) is 12.7 Å². The van der Waals surface area contributed by atoms with Gasteiger partial charge >= 0.3 is 0 Å². The minimum absolute atomic E-state index is 0.289. The van der Waals surface area contributed by atoms with Crippen molar-refractivity contribution in [3.63, 3.8) is 0 Å². The maximum Gasteiger partial charge on any atom is 0.164 e. The first-order valence-electron chi connectivity index (χ1n) is 7.31. The Labute approximate surface area is 116 Å². The van der Waals surface area contributed by atoms with E-state index in [1.54, 1.807) is 0 Å². The van der Waals surface area contributed by atoms with E-state index < -0.39 is 18.0 Å². The van der Waals surface area contributed by atoms with Crippen LogP contribution in [-0.4, -0.2) is 40.9 Å². The minimum atomic E-state index is -0.906. The molecule has 1 unspecified atom stereocenters. The predicted molar refractivity (Wildman–Crippen MR) is 74.8 cm³/mol. The van der Waals surface area contributed by atoms with Gasteiger partial charge in [0.05, 0.1) is 6.61 Å². The SMILES string of the molecule is CCCCCC/C=C/[C@H]1OC(C)(C)O[C@H]1C(O)CO. The van der Waals surface area contributed by atoms with Crippen LogP contribution in [-0.2, 0) is 9.47 Å². The second-order valence-corrected chi connectivity index (χ2v) is 5.59. The molecule has 0 amide bonds. The first-order valence-corrected chi connectivity index (χ1v) is 7.31. The summed E-state index contributed by atoms with van der Waals surface area (Å²) in [5.74, 6) is -0.710. The van der Waals surface area contributed by atoms with Gasteiger partial charge < -0.3 is 19.7 Å². The van der Waals surface area contributed by atoms with E-state index >= 15 is 0 Å². The molecule has 19 heavy (non-hydrogen) atoms. The lowest BCUT2D eigenvalue weighted by Crippen LogP contribution is -2.37. The molecule has 0 aromatic carbocycles. The first kappa shape index (κ1) is 16.6. The van der Waals surface area contributed by atoms with Gasteiger partial charge in [-0.1, -0.05) is 38.3 Å². The van der Waals surface area contributed by atoms with Crippen LogP contribution in [0.1, 0.15) is 52.9 Å². The third kappa shape index (κ3) is 5.61. The fraction of sp³-hybridized carbons (Fsp3) is 0.867. The summed E-state index contributed by atoms with van der Waals surface area (Å²) in [6.45, 7) is 5.52. The Bertz CT molecular complexity index is 275. The Morgan fingerprint density at radius 2 is 1.95 bits per heavy atom. The fourth-order valence-corrected chi connectivity index (χ4v) is 2.29. The van der Waals surface area contributed by atoms with Gasteiger partial charge in [-0.05, 0) is 26.7 Å². The van der Waals surface area contributed by atoms with E-state index in [0.29, 0.717) is 0 Å². The second kappa shape index (κ2) is 8.00. The molecule has 0 saturated carbocycles. The van der Waals surface area contributed by atoms with Crippen molar-refractivity contribution in [1.29, 1.82) is 0 Å². The van der Waals surface area contributed by atoms with Gasteiger partial charge in [0.2, 0.25) is 0 Å². The molecule has 1 aliphatic heterocycles.